The number of Topliss-reactive ketones (excluding diaryl/α,β-unsaturated/α-hetero) is 1. The number of halogens is 1. The van der Waals surface area contributed by atoms with Crippen LogP contribution in [0.4, 0.5) is 0 Å². The van der Waals surface area contributed by atoms with Crippen LogP contribution in [0.3, 0.4) is 0 Å². The van der Waals surface area contributed by atoms with Crippen LogP contribution in [0.5, 0.6) is 0 Å². The minimum atomic E-state index is 0.171. The molecule has 2 atom stereocenters. The Balaban J connectivity index is 1.72. The van der Waals surface area contributed by atoms with Gasteiger partial charge in [0.1, 0.15) is 5.78 Å². The van der Waals surface area contributed by atoms with Crippen LogP contribution in [0, 0.1) is 5.92 Å². The van der Waals surface area contributed by atoms with Gasteiger partial charge < -0.3 is 0 Å². The highest BCUT2D eigenvalue weighted by Gasteiger charge is 2.29. The summed E-state index contributed by atoms with van der Waals surface area (Å²) in [5.74, 6) is 1.14. The highest BCUT2D eigenvalue weighted by Crippen LogP contribution is 2.35. The first-order chi connectivity index (χ1) is 10.2. The highest BCUT2D eigenvalue weighted by atomic mass is 79.9. The molecule has 1 nitrogen and oxygen atoms in total. The minimum absolute atomic E-state index is 0.171. The van der Waals surface area contributed by atoms with Gasteiger partial charge in [-0.25, -0.2) is 0 Å². The fraction of sp³-hybridized carbons (Fsp3) is 0.316. The highest BCUT2D eigenvalue weighted by molar-refractivity contribution is 9.10. The van der Waals surface area contributed by atoms with E-state index in [0.717, 1.165) is 30.2 Å². The van der Waals surface area contributed by atoms with Crippen molar-refractivity contribution >= 4 is 21.7 Å². The Morgan fingerprint density at radius 2 is 1.71 bits per heavy atom. The molecule has 0 heterocycles. The Kier molecular flexibility index (Phi) is 4.54. The first kappa shape index (κ1) is 14.5. The van der Waals surface area contributed by atoms with Gasteiger partial charge in [0.2, 0.25) is 0 Å². The zero-order valence-corrected chi connectivity index (χ0v) is 13.6. The number of benzene rings is 2. The molecule has 108 valence electrons. The number of hydrogen-bond acceptors (Lipinski definition) is 1. The molecule has 0 aliphatic heterocycles. The predicted molar refractivity (Wildman–Crippen MR) is 89.4 cm³/mol. The molecule has 21 heavy (non-hydrogen) atoms. The topological polar surface area (TPSA) is 17.1 Å². The molecule has 1 aliphatic rings. The standard InChI is InChI=1S/C19H19BrO/c20-18-9-6-14(7-10-18)12-17-13-16(8-11-19(17)21)15-4-2-1-3-5-15/h1-7,9-10,16-17H,8,11-13H2. The zero-order chi connectivity index (χ0) is 14.7. The van der Waals surface area contributed by atoms with Gasteiger partial charge in [0.15, 0.2) is 0 Å². The van der Waals surface area contributed by atoms with Crippen molar-refractivity contribution < 1.29 is 4.79 Å². The maximum Gasteiger partial charge on any atom is 0.136 e. The van der Waals surface area contributed by atoms with E-state index in [0.29, 0.717) is 11.7 Å². The zero-order valence-electron chi connectivity index (χ0n) is 12.0. The molecule has 2 heteroatoms. The van der Waals surface area contributed by atoms with Gasteiger partial charge in [-0.2, -0.15) is 0 Å². The van der Waals surface area contributed by atoms with Gasteiger partial charge in [-0.15, -0.1) is 0 Å². The molecule has 0 amide bonds. The first-order valence-electron chi connectivity index (χ1n) is 7.54. The van der Waals surface area contributed by atoms with E-state index in [9.17, 15) is 4.79 Å². The van der Waals surface area contributed by atoms with Gasteiger partial charge in [-0.3, -0.25) is 4.79 Å². The van der Waals surface area contributed by atoms with Crippen molar-refractivity contribution in [3.63, 3.8) is 0 Å². The van der Waals surface area contributed by atoms with Crippen LogP contribution in [0.1, 0.15) is 36.3 Å². The summed E-state index contributed by atoms with van der Waals surface area (Å²) in [7, 11) is 0. The van der Waals surface area contributed by atoms with E-state index in [1.165, 1.54) is 11.1 Å². The third kappa shape index (κ3) is 3.62. The van der Waals surface area contributed by atoms with E-state index in [4.69, 9.17) is 0 Å². The van der Waals surface area contributed by atoms with Crippen LogP contribution >= 0.6 is 15.9 Å². The summed E-state index contributed by atoms with van der Waals surface area (Å²) in [5.41, 5.74) is 2.64. The van der Waals surface area contributed by atoms with Crippen LogP contribution < -0.4 is 0 Å². The van der Waals surface area contributed by atoms with Gasteiger partial charge in [-0.1, -0.05) is 58.4 Å². The molecule has 1 saturated carbocycles. The molecule has 3 rings (SSSR count). The Morgan fingerprint density at radius 1 is 1.00 bits per heavy atom. The molecule has 0 spiro atoms. The van der Waals surface area contributed by atoms with Gasteiger partial charge in [-0.05, 0) is 48.4 Å². The van der Waals surface area contributed by atoms with Crippen LogP contribution in [0.25, 0.3) is 0 Å². The summed E-state index contributed by atoms with van der Waals surface area (Å²) in [5, 5.41) is 0. The Morgan fingerprint density at radius 3 is 2.43 bits per heavy atom. The quantitative estimate of drug-likeness (QED) is 0.754. The fourth-order valence-corrected chi connectivity index (χ4v) is 3.51. The van der Waals surface area contributed by atoms with E-state index in [1.54, 1.807) is 0 Å². The van der Waals surface area contributed by atoms with E-state index in [-0.39, 0.29) is 5.92 Å². The average molecular weight is 343 g/mol. The molecule has 1 fully saturated rings. The van der Waals surface area contributed by atoms with E-state index >= 15 is 0 Å². The van der Waals surface area contributed by atoms with Crippen molar-refractivity contribution in [1.82, 2.24) is 0 Å². The van der Waals surface area contributed by atoms with Crippen molar-refractivity contribution in [1.29, 1.82) is 0 Å². The van der Waals surface area contributed by atoms with E-state index < -0.39 is 0 Å². The van der Waals surface area contributed by atoms with Crippen LogP contribution in [-0.2, 0) is 11.2 Å². The molecular weight excluding hydrogens is 324 g/mol. The number of rotatable bonds is 3. The molecular formula is C19H19BrO. The predicted octanol–water partition coefficient (Wildman–Crippen LogP) is 5.14. The second-order valence-electron chi connectivity index (χ2n) is 5.88. The maximum absolute atomic E-state index is 12.2. The molecule has 2 unspecified atom stereocenters. The molecule has 0 aromatic heterocycles. The van der Waals surface area contributed by atoms with Crippen LogP contribution in [-0.4, -0.2) is 5.78 Å². The van der Waals surface area contributed by atoms with E-state index in [2.05, 4.69) is 70.5 Å². The smallest absolute Gasteiger partial charge is 0.136 e. The van der Waals surface area contributed by atoms with Crippen molar-refractivity contribution in [3.05, 3.63) is 70.2 Å². The summed E-state index contributed by atoms with van der Waals surface area (Å²) < 4.78 is 1.09. The van der Waals surface area contributed by atoms with Gasteiger partial charge in [0.05, 0.1) is 0 Å². The fourth-order valence-electron chi connectivity index (χ4n) is 3.24. The lowest BCUT2D eigenvalue weighted by atomic mass is 9.75. The summed E-state index contributed by atoms with van der Waals surface area (Å²) in [6, 6.07) is 19.0. The van der Waals surface area contributed by atoms with Crippen molar-refractivity contribution in [2.45, 2.75) is 31.6 Å². The first-order valence-corrected chi connectivity index (χ1v) is 8.34. The summed E-state index contributed by atoms with van der Waals surface area (Å²) in [4.78, 5) is 12.2. The third-order valence-corrected chi connectivity index (χ3v) is 4.96. The Labute approximate surface area is 134 Å². The molecule has 2 aromatic carbocycles. The molecule has 0 bridgehead atoms. The Bertz CT molecular complexity index is 603. The van der Waals surface area contributed by atoms with Crippen molar-refractivity contribution in [2.24, 2.45) is 5.92 Å². The van der Waals surface area contributed by atoms with Gasteiger partial charge in [0.25, 0.3) is 0 Å². The second kappa shape index (κ2) is 6.57. The number of carbonyl (C=O) groups excluding carboxylic acids is 1. The van der Waals surface area contributed by atoms with E-state index in [1.807, 2.05) is 0 Å². The third-order valence-electron chi connectivity index (χ3n) is 4.43. The lowest BCUT2D eigenvalue weighted by molar-refractivity contribution is -0.124. The number of ketones is 1. The van der Waals surface area contributed by atoms with Gasteiger partial charge >= 0.3 is 0 Å². The average Bonchev–Trinajstić information content (AvgIpc) is 2.52. The summed E-state index contributed by atoms with van der Waals surface area (Å²) in [6.45, 7) is 0. The maximum atomic E-state index is 12.2. The molecule has 2 aromatic rings. The second-order valence-corrected chi connectivity index (χ2v) is 6.79. The molecule has 0 N–H and O–H groups in total. The summed E-state index contributed by atoms with van der Waals surface area (Å²) in [6.07, 6.45) is 3.58. The lowest BCUT2D eigenvalue weighted by Gasteiger charge is -2.28. The number of carbonyl (C=O) groups is 1. The largest absolute Gasteiger partial charge is 0.299 e. The van der Waals surface area contributed by atoms with Crippen molar-refractivity contribution in [2.75, 3.05) is 0 Å². The number of hydrogen-bond donors (Lipinski definition) is 0. The van der Waals surface area contributed by atoms with Crippen molar-refractivity contribution in [3.8, 4) is 0 Å². The molecule has 1 aliphatic carbocycles. The van der Waals surface area contributed by atoms with Gasteiger partial charge in [0, 0.05) is 16.8 Å². The minimum Gasteiger partial charge on any atom is -0.299 e. The monoisotopic (exact) mass is 342 g/mol. The van der Waals surface area contributed by atoms with Crippen LogP contribution in [0.2, 0.25) is 0 Å². The SMILES string of the molecule is O=C1CCC(c2ccccc2)CC1Cc1ccc(Br)cc1. The normalized spacial score (nSPS) is 22.2. The Hall–Kier alpha value is -1.41. The molecule has 0 radical (unpaired) electrons. The lowest BCUT2D eigenvalue weighted by Crippen LogP contribution is -2.25. The van der Waals surface area contributed by atoms with Crippen LogP contribution in [0.15, 0.2) is 59.1 Å². The molecule has 0 saturated heterocycles. The summed E-state index contributed by atoms with van der Waals surface area (Å²) >= 11 is 3.46.